The van der Waals surface area contributed by atoms with Crippen LogP contribution in [0, 0.1) is 5.92 Å². The van der Waals surface area contributed by atoms with Gasteiger partial charge in [-0.3, -0.25) is 0 Å². The van der Waals surface area contributed by atoms with E-state index >= 15 is 0 Å². The van der Waals surface area contributed by atoms with Crippen LogP contribution < -0.4 is 10.6 Å². The molecule has 3 atom stereocenters. The number of urea groups is 1. The lowest BCUT2D eigenvalue weighted by Gasteiger charge is -2.20. The number of aliphatic carboxylic acids is 1. The van der Waals surface area contributed by atoms with E-state index in [1.807, 2.05) is 13.8 Å². The number of carbonyl (C=O) groups excluding carboxylic acids is 1. The largest absolute Gasteiger partial charge is 0.480 e. The maximum Gasteiger partial charge on any atom is 0.326 e. The van der Waals surface area contributed by atoms with Gasteiger partial charge in [-0.1, -0.05) is 20.3 Å². The molecule has 0 radical (unpaired) electrons. The van der Waals surface area contributed by atoms with Gasteiger partial charge in [0.2, 0.25) is 0 Å². The summed E-state index contributed by atoms with van der Waals surface area (Å²) in [6, 6.07) is -1.35. The van der Waals surface area contributed by atoms with Crippen molar-refractivity contribution in [1.82, 2.24) is 10.6 Å². The van der Waals surface area contributed by atoms with Crippen LogP contribution in [0.3, 0.4) is 0 Å². The number of nitrogens with one attached hydrogen (secondary N) is 2. The first kappa shape index (κ1) is 15.7. The highest BCUT2D eigenvalue weighted by molar-refractivity contribution is 5.82. The number of methoxy groups -OCH3 is 1. The Kier molecular flexibility index (Phi) is 7.29. The number of rotatable bonds is 7. The van der Waals surface area contributed by atoms with Gasteiger partial charge in [0.15, 0.2) is 0 Å². The Hall–Kier alpha value is -1.30. The van der Waals surface area contributed by atoms with E-state index in [0.717, 1.165) is 0 Å². The molecule has 0 spiro atoms. The van der Waals surface area contributed by atoms with Crippen molar-refractivity contribution in [2.45, 2.75) is 39.3 Å². The molecule has 17 heavy (non-hydrogen) atoms. The number of amides is 2. The molecular formula is C11H22N2O4. The average Bonchev–Trinajstić information content (AvgIpc) is 2.31. The minimum atomic E-state index is -1.02. The first-order valence-electron chi connectivity index (χ1n) is 5.72. The highest BCUT2D eigenvalue weighted by atomic mass is 16.5. The van der Waals surface area contributed by atoms with E-state index in [9.17, 15) is 9.59 Å². The third kappa shape index (κ3) is 6.11. The van der Waals surface area contributed by atoms with Crippen molar-refractivity contribution in [3.8, 4) is 0 Å². The maximum absolute atomic E-state index is 11.5. The van der Waals surface area contributed by atoms with Crippen LogP contribution in [0.15, 0.2) is 0 Å². The first-order valence-corrected chi connectivity index (χ1v) is 5.72. The van der Waals surface area contributed by atoms with Crippen LogP contribution in [0.5, 0.6) is 0 Å². The summed E-state index contributed by atoms with van der Waals surface area (Å²) in [6.07, 6.45) is 0.582. The SMILES string of the molecule is CCC(C)C(NC(=O)NCC(C)OC)C(=O)O. The van der Waals surface area contributed by atoms with Crippen molar-refractivity contribution in [2.75, 3.05) is 13.7 Å². The number of carboxylic acid groups (broad SMARTS) is 1. The Balaban J connectivity index is 4.18. The standard InChI is InChI=1S/C11H22N2O4/c1-5-7(2)9(10(14)15)13-11(16)12-6-8(3)17-4/h7-9H,5-6H2,1-4H3,(H,14,15)(H2,12,13,16). The lowest BCUT2D eigenvalue weighted by Crippen LogP contribution is -2.50. The summed E-state index contributed by atoms with van der Waals surface area (Å²) in [6.45, 7) is 5.82. The van der Waals surface area contributed by atoms with Crippen LogP contribution in [0.1, 0.15) is 27.2 Å². The van der Waals surface area contributed by atoms with Gasteiger partial charge < -0.3 is 20.5 Å². The molecule has 0 aromatic carbocycles. The van der Waals surface area contributed by atoms with Crippen LogP contribution >= 0.6 is 0 Å². The molecule has 0 aliphatic heterocycles. The predicted molar refractivity (Wildman–Crippen MR) is 63.9 cm³/mol. The second-order valence-corrected chi connectivity index (χ2v) is 4.10. The second-order valence-electron chi connectivity index (χ2n) is 4.10. The molecule has 2 amide bonds. The normalized spacial score (nSPS) is 15.8. The van der Waals surface area contributed by atoms with E-state index < -0.39 is 18.0 Å². The van der Waals surface area contributed by atoms with Gasteiger partial charge in [-0.2, -0.15) is 0 Å². The van der Waals surface area contributed by atoms with Crippen LogP contribution in [0.25, 0.3) is 0 Å². The number of hydrogen-bond acceptors (Lipinski definition) is 3. The highest BCUT2D eigenvalue weighted by Gasteiger charge is 2.25. The van der Waals surface area contributed by atoms with Crippen LogP contribution in [0.2, 0.25) is 0 Å². The lowest BCUT2D eigenvalue weighted by molar-refractivity contribution is -0.140. The summed E-state index contributed by atoms with van der Waals surface area (Å²) in [4.78, 5) is 22.4. The molecular weight excluding hydrogens is 224 g/mol. The Morgan fingerprint density at radius 3 is 2.35 bits per heavy atom. The Labute approximate surface area is 102 Å². The Morgan fingerprint density at radius 2 is 1.94 bits per heavy atom. The van der Waals surface area contributed by atoms with E-state index in [-0.39, 0.29) is 12.0 Å². The molecule has 6 heteroatoms. The van der Waals surface area contributed by atoms with E-state index in [1.54, 1.807) is 14.0 Å². The van der Waals surface area contributed by atoms with Crippen molar-refractivity contribution in [1.29, 1.82) is 0 Å². The number of carbonyl (C=O) groups is 2. The molecule has 0 fully saturated rings. The van der Waals surface area contributed by atoms with Crippen LogP contribution in [-0.2, 0) is 9.53 Å². The van der Waals surface area contributed by atoms with Gasteiger partial charge >= 0.3 is 12.0 Å². The summed E-state index contributed by atoms with van der Waals surface area (Å²) in [5, 5.41) is 14.0. The molecule has 3 unspecified atom stereocenters. The van der Waals surface area contributed by atoms with Gasteiger partial charge in [0.1, 0.15) is 6.04 Å². The molecule has 0 aliphatic rings. The van der Waals surface area contributed by atoms with Gasteiger partial charge in [0.25, 0.3) is 0 Å². The fraction of sp³-hybridized carbons (Fsp3) is 0.818. The van der Waals surface area contributed by atoms with Crippen LogP contribution in [0.4, 0.5) is 4.79 Å². The van der Waals surface area contributed by atoms with Crippen molar-refractivity contribution in [3.05, 3.63) is 0 Å². The minimum absolute atomic E-state index is 0.104. The smallest absolute Gasteiger partial charge is 0.326 e. The van der Waals surface area contributed by atoms with Gasteiger partial charge in [0.05, 0.1) is 6.10 Å². The van der Waals surface area contributed by atoms with Gasteiger partial charge in [-0.15, -0.1) is 0 Å². The molecule has 0 rings (SSSR count). The van der Waals surface area contributed by atoms with E-state index in [0.29, 0.717) is 13.0 Å². The topological polar surface area (TPSA) is 87.7 Å². The molecule has 100 valence electrons. The summed E-state index contributed by atoms with van der Waals surface area (Å²) in [5.74, 6) is -1.13. The first-order chi connectivity index (χ1) is 7.92. The minimum Gasteiger partial charge on any atom is -0.480 e. The zero-order valence-corrected chi connectivity index (χ0v) is 10.8. The molecule has 0 bridgehead atoms. The zero-order chi connectivity index (χ0) is 13.4. The fourth-order valence-electron chi connectivity index (χ4n) is 1.20. The molecule has 0 heterocycles. The summed E-state index contributed by atoms with van der Waals surface area (Å²) in [7, 11) is 1.55. The highest BCUT2D eigenvalue weighted by Crippen LogP contribution is 2.07. The average molecular weight is 246 g/mol. The number of ether oxygens (including phenoxy) is 1. The Bertz CT molecular complexity index is 258. The summed E-state index contributed by atoms with van der Waals surface area (Å²) < 4.78 is 4.96. The molecule has 0 aliphatic carbocycles. The van der Waals surface area contributed by atoms with E-state index in [2.05, 4.69) is 10.6 Å². The molecule has 6 nitrogen and oxygen atoms in total. The Morgan fingerprint density at radius 1 is 1.35 bits per heavy atom. The third-order valence-electron chi connectivity index (χ3n) is 2.72. The number of carboxylic acids is 1. The van der Waals surface area contributed by atoms with Crippen LogP contribution in [-0.4, -0.2) is 42.9 Å². The zero-order valence-electron chi connectivity index (χ0n) is 10.8. The molecule has 0 aromatic rings. The molecule has 0 aromatic heterocycles. The van der Waals surface area contributed by atoms with Gasteiger partial charge in [0, 0.05) is 13.7 Å². The van der Waals surface area contributed by atoms with Crippen molar-refractivity contribution < 1.29 is 19.4 Å². The predicted octanol–water partition coefficient (Wildman–Crippen LogP) is 0.820. The van der Waals surface area contributed by atoms with Crippen molar-refractivity contribution in [3.63, 3.8) is 0 Å². The molecule has 0 saturated heterocycles. The van der Waals surface area contributed by atoms with E-state index in [1.165, 1.54) is 0 Å². The quantitative estimate of drug-likeness (QED) is 0.620. The lowest BCUT2D eigenvalue weighted by atomic mass is 9.99. The monoisotopic (exact) mass is 246 g/mol. The molecule has 0 saturated carbocycles. The third-order valence-corrected chi connectivity index (χ3v) is 2.72. The fourth-order valence-corrected chi connectivity index (χ4v) is 1.20. The van der Waals surface area contributed by atoms with Crippen molar-refractivity contribution in [2.24, 2.45) is 5.92 Å². The summed E-state index contributed by atoms with van der Waals surface area (Å²) in [5.41, 5.74) is 0. The molecule has 3 N–H and O–H groups in total. The second kappa shape index (κ2) is 7.89. The van der Waals surface area contributed by atoms with E-state index in [4.69, 9.17) is 9.84 Å². The summed E-state index contributed by atoms with van der Waals surface area (Å²) >= 11 is 0. The van der Waals surface area contributed by atoms with Gasteiger partial charge in [-0.05, 0) is 12.8 Å². The number of hydrogen-bond donors (Lipinski definition) is 3. The van der Waals surface area contributed by atoms with Crippen molar-refractivity contribution >= 4 is 12.0 Å². The maximum atomic E-state index is 11.5. The van der Waals surface area contributed by atoms with Gasteiger partial charge in [-0.25, -0.2) is 9.59 Å².